The molecule has 0 aromatic heterocycles. The molecule has 0 radical (unpaired) electrons. The topological polar surface area (TPSA) is 38.8 Å². The van der Waals surface area contributed by atoms with Gasteiger partial charge in [-0.2, -0.15) is 0 Å². The monoisotopic (exact) mass is 215 g/mol. The number of carbonyl (C=O) groups is 1. The van der Waals surface area contributed by atoms with Crippen LogP contribution in [0.4, 0.5) is 0 Å². The summed E-state index contributed by atoms with van der Waals surface area (Å²) >= 11 is 0. The fraction of sp³-hybridized carbons (Fsp3) is 0.727. The molecule has 0 atom stereocenters. The molecule has 0 bridgehead atoms. The molecule has 0 spiro atoms. The van der Waals surface area contributed by atoms with Crippen LogP contribution in [0.5, 0.6) is 0 Å². The molecule has 0 fully saturated rings. The summed E-state index contributed by atoms with van der Waals surface area (Å²) in [6, 6.07) is 0. The lowest BCUT2D eigenvalue weighted by Gasteiger charge is -2.25. The normalized spacial score (nSPS) is 10.4. The molecule has 0 aliphatic heterocycles. The molecule has 0 aromatic carbocycles. The number of rotatable bonds is 8. The second-order valence-corrected chi connectivity index (χ2v) is 3.05. The van der Waals surface area contributed by atoms with Gasteiger partial charge < -0.3 is 14.4 Å². The van der Waals surface area contributed by atoms with E-state index in [-0.39, 0.29) is 12.2 Å². The molecule has 4 heteroatoms. The van der Waals surface area contributed by atoms with Crippen molar-refractivity contribution in [1.29, 1.82) is 0 Å². The highest BCUT2D eigenvalue weighted by atomic mass is 16.7. The van der Waals surface area contributed by atoms with E-state index in [4.69, 9.17) is 9.47 Å². The number of hydrogen-bond acceptors (Lipinski definition) is 3. The lowest BCUT2D eigenvalue weighted by atomic mass is 10.4. The van der Waals surface area contributed by atoms with Gasteiger partial charge in [0.05, 0.1) is 6.54 Å². The van der Waals surface area contributed by atoms with Crippen molar-refractivity contribution in [3.05, 3.63) is 12.7 Å². The van der Waals surface area contributed by atoms with Crippen LogP contribution in [0.2, 0.25) is 0 Å². The molecule has 0 aliphatic rings. The third-order valence-electron chi connectivity index (χ3n) is 1.87. The van der Waals surface area contributed by atoms with Gasteiger partial charge in [-0.25, -0.2) is 0 Å². The first-order valence-electron chi connectivity index (χ1n) is 5.25. The molecule has 0 rings (SSSR count). The zero-order valence-corrected chi connectivity index (χ0v) is 9.86. The maximum atomic E-state index is 11.2. The summed E-state index contributed by atoms with van der Waals surface area (Å²) in [4.78, 5) is 12.9. The quantitative estimate of drug-likeness (QED) is 0.454. The van der Waals surface area contributed by atoms with Crippen LogP contribution >= 0.6 is 0 Å². The van der Waals surface area contributed by atoms with Crippen LogP contribution in [0.1, 0.15) is 20.8 Å². The third kappa shape index (κ3) is 6.25. The van der Waals surface area contributed by atoms with Crippen LogP contribution in [0, 0.1) is 0 Å². The minimum absolute atomic E-state index is 0.000642. The lowest BCUT2D eigenvalue weighted by molar-refractivity contribution is -0.156. The van der Waals surface area contributed by atoms with Crippen LogP contribution in [-0.4, -0.2) is 43.4 Å². The van der Waals surface area contributed by atoms with E-state index >= 15 is 0 Å². The molecule has 88 valence electrons. The molecule has 0 saturated carbocycles. The highest BCUT2D eigenvalue weighted by Crippen LogP contribution is 2.00. The first-order valence-corrected chi connectivity index (χ1v) is 5.25. The molecule has 1 amide bonds. The average Bonchev–Trinajstić information content (AvgIpc) is 2.17. The molecule has 0 saturated heterocycles. The van der Waals surface area contributed by atoms with Crippen LogP contribution < -0.4 is 0 Å². The second kappa shape index (κ2) is 8.44. The van der Waals surface area contributed by atoms with Crippen molar-refractivity contribution in [3.8, 4) is 0 Å². The van der Waals surface area contributed by atoms with Gasteiger partial charge in [0.2, 0.25) is 5.91 Å². The maximum absolute atomic E-state index is 11.2. The van der Waals surface area contributed by atoms with E-state index < -0.39 is 0 Å². The second-order valence-electron chi connectivity index (χ2n) is 3.05. The van der Waals surface area contributed by atoms with E-state index in [9.17, 15) is 4.79 Å². The molecule has 15 heavy (non-hydrogen) atoms. The van der Waals surface area contributed by atoms with Crippen molar-refractivity contribution < 1.29 is 14.3 Å². The van der Waals surface area contributed by atoms with Gasteiger partial charge in [0.25, 0.3) is 0 Å². The van der Waals surface area contributed by atoms with Crippen molar-refractivity contribution in [2.24, 2.45) is 0 Å². The molecular formula is C11H21NO3. The van der Waals surface area contributed by atoms with E-state index in [1.54, 1.807) is 11.0 Å². The van der Waals surface area contributed by atoms with E-state index in [1.165, 1.54) is 6.92 Å². The number of carbonyl (C=O) groups excluding carboxylic acids is 1. The average molecular weight is 215 g/mol. The first kappa shape index (κ1) is 14.1. The van der Waals surface area contributed by atoms with Crippen LogP contribution in [0.3, 0.4) is 0 Å². The van der Waals surface area contributed by atoms with Crippen molar-refractivity contribution in [1.82, 2.24) is 4.90 Å². The predicted octanol–water partition coefficient (Wildman–Crippen LogP) is 1.42. The van der Waals surface area contributed by atoms with Gasteiger partial charge in [0.15, 0.2) is 6.29 Å². The smallest absolute Gasteiger partial charge is 0.219 e. The third-order valence-corrected chi connectivity index (χ3v) is 1.87. The van der Waals surface area contributed by atoms with Gasteiger partial charge in [-0.05, 0) is 13.8 Å². The molecule has 0 heterocycles. The standard InChI is InChI=1S/C11H21NO3/c1-5-8-12(10(4)13)9-11(14-6-2)15-7-3/h5,11H,1,6-9H2,2-4H3. The number of amides is 1. The Morgan fingerprint density at radius 2 is 1.93 bits per heavy atom. The van der Waals surface area contributed by atoms with Gasteiger partial charge in [-0.15, -0.1) is 6.58 Å². The predicted molar refractivity (Wildman–Crippen MR) is 59.5 cm³/mol. The fourth-order valence-electron chi connectivity index (χ4n) is 1.19. The Morgan fingerprint density at radius 1 is 1.40 bits per heavy atom. The highest BCUT2D eigenvalue weighted by Gasteiger charge is 2.15. The molecule has 0 unspecified atom stereocenters. The lowest BCUT2D eigenvalue weighted by Crippen LogP contribution is -2.38. The summed E-state index contributed by atoms with van der Waals surface area (Å²) in [6.07, 6.45) is 1.35. The zero-order chi connectivity index (χ0) is 11.7. The molecule has 4 nitrogen and oxygen atoms in total. The van der Waals surface area contributed by atoms with Crippen LogP contribution in [0.25, 0.3) is 0 Å². The summed E-state index contributed by atoms with van der Waals surface area (Å²) < 4.78 is 10.7. The summed E-state index contributed by atoms with van der Waals surface area (Å²) in [5.41, 5.74) is 0. The van der Waals surface area contributed by atoms with E-state index in [2.05, 4.69) is 6.58 Å². The largest absolute Gasteiger partial charge is 0.351 e. The van der Waals surface area contributed by atoms with E-state index in [1.807, 2.05) is 13.8 Å². The summed E-state index contributed by atoms with van der Waals surface area (Å²) in [5, 5.41) is 0. The Morgan fingerprint density at radius 3 is 2.27 bits per heavy atom. The SMILES string of the molecule is C=CCN(CC(OCC)OCC)C(C)=O. The van der Waals surface area contributed by atoms with Crippen molar-refractivity contribution in [2.45, 2.75) is 27.1 Å². The Balaban J connectivity index is 4.17. The summed E-state index contributed by atoms with van der Waals surface area (Å²) in [7, 11) is 0. The van der Waals surface area contributed by atoms with Crippen LogP contribution in [0.15, 0.2) is 12.7 Å². The maximum Gasteiger partial charge on any atom is 0.219 e. The first-order chi connectivity index (χ1) is 7.15. The molecular weight excluding hydrogens is 194 g/mol. The Hall–Kier alpha value is -0.870. The Bertz CT molecular complexity index is 188. The number of nitrogens with zero attached hydrogens (tertiary/aromatic N) is 1. The van der Waals surface area contributed by atoms with Gasteiger partial charge in [-0.3, -0.25) is 4.79 Å². The molecule has 0 N–H and O–H groups in total. The molecule has 0 aromatic rings. The van der Waals surface area contributed by atoms with Gasteiger partial charge in [0.1, 0.15) is 0 Å². The van der Waals surface area contributed by atoms with Crippen molar-refractivity contribution >= 4 is 5.91 Å². The van der Waals surface area contributed by atoms with Gasteiger partial charge >= 0.3 is 0 Å². The van der Waals surface area contributed by atoms with Crippen molar-refractivity contribution in [3.63, 3.8) is 0 Å². The Labute approximate surface area is 91.8 Å². The fourth-order valence-corrected chi connectivity index (χ4v) is 1.19. The minimum Gasteiger partial charge on any atom is -0.351 e. The van der Waals surface area contributed by atoms with E-state index in [0.29, 0.717) is 26.3 Å². The summed E-state index contributed by atoms with van der Waals surface area (Å²) in [5.74, 6) is -0.000642. The van der Waals surface area contributed by atoms with Crippen LogP contribution in [-0.2, 0) is 14.3 Å². The highest BCUT2D eigenvalue weighted by molar-refractivity contribution is 5.73. The van der Waals surface area contributed by atoms with Gasteiger partial charge in [0, 0.05) is 26.7 Å². The summed E-state index contributed by atoms with van der Waals surface area (Å²) in [6.45, 7) is 11.0. The van der Waals surface area contributed by atoms with E-state index in [0.717, 1.165) is 0 Å². The van der Waals surface area contributed by atoms with Gasteiger partial charge in [-0.1, -0.05) is 6.08 Å². The molecule has 0 aliphatic carbocycles. The zero-order valence-electron chi connectivity index (χ0n) is 9.86. The Kier molecular flexibility index (Phi) is 7.95. The van der Waals surface area contributed by atoms with Crippen molar-refractivity contribution in [2.75, 3.05) is 26.3 Å². The minimum atomic E-state index is -0.344. The number of hydrogen-bond donors (Lipinski definition) is 0. The number of ether oxygens (including phenoxy) is 2.